The highest BCUT2D eigenvalue weighted by molar-refractivity contribution is 5.91. The van der Waals surface area contributed by atoms with E-state index in [4.69, 9.17) is 0 Å². The molecule has 0 aliphatic rings. The van der Waals surface area contributed by atoms with Crippen LogP contribution in [-0.2, 0) is 6.54 Å². The van der Waals surface area contributed by atoms with Crippen molar-refractivity contribution in [1.82, 2.24) is 30.0 Å². The Bertz CT molecular complexity index is 492. The van der Waals surface area contributed by atoms with Gasteiger partial charge in [0.2, 0.25) is 0 Å². The normalized spacial score (nSPS) is 10.2. The third-order valence-electron chi connectivity index (χ3n) is 2.20. The molecule has 2 rings (SSSR count). The second-order valence-corrected chi connectivity index (χ2v) is 3.64. The number of amides is 1. The predicted octanol–water partition coefficient (Wildman–Crippen LogP) is 0.175. The van der Waals surface area contributed by atoms with Crippen molar-refractivity contribution in [3.8, 4) is 0 Å². The van der Waals surface area contributed by atoms with Gasteiger partial charge in [-0.3, -0.25) is 14.9 Å². The molecule has 7 nitrogen and oxygen atoms in total. The second kappa shape index (κ2) is 4.69. The molecule has 0 saturated heterocycles. The van der Waals surface area contributed by atoms with Gasteiger partial charge in [-0.15, -0.1) is 0 Å². The van der Waals surface area contributed by atoms with Gasteiger partial charge in [-0.25, -0.2) is 9.97 Å². The fourth-order valence-corrected chi connectivity index (χ4v) is 1.30. The van der Waals surface area contributed by atoms with Crippen molar-refractivity contribution in [2.24, 2.45) is 0 Å². The lowest BCUT2D eigenvalue weighted by Gasteiger charge is -2.14. The molecule has 0 spiro atoms. The van der Waals surface area contributed by atoms with Crippen LogP contribution in [-0.4, -0.2) is 43.0 Å². The maximum Gasteiger partial charge on any atom is 0.274 e. The van der Waals surface area contributed by atoms with Crippen molar-refractivity contribution in [1.29, 1.82) is 0 Å². The van der Waals surface area contributed by atoms with Crippen LogP contribution in [0.1, 0.15) is 22.0 Å². The van der Waals surface area contributed by atoms with Crippen LogP contribution in [0.5, 0.6) is 0 Å². The first-order chi connectivity index (χ1) is 8.16. The number of aromatic amines is 1. The average Bonchev–Trinajstić information content (AvgIpc) is 2.82. The zero-order valence-corrected chi connectivity index (χ0v) is 9.58. The number of aryl methyl sites for hydroxylation is 1. The lowest BCUT2D eigenvalue weighted by atomic mass is 10.3. The minimum absolute atomic E-state index is 0.200. The molecule has 0 bridgehead atoms. The molecule has 88 valence electrons. The number of carbonyl (C=O) groups is 1. The molecule has 0 unspecified atom stereocenters. The van der Waals surface area contributed by atoms with Crippen LogP contribution >= 0.6 is 0 Å². The van der Waals surface area contributed by atoms with Crippen LogP contribution in [0.15, 0.2) is 18.7 Å². The Morgan fingerprint density at radius 1 is 1.35 bits per heavy atom. The SMILES string of the molecule is Cc1cnc(C(=O)N(C)Cc2ncn[nH]2)cn1. The number of hydrogen-bond acceptors (Lipinski definition) is 5. The van der Waals surface area contributed by atoms with Gasteiger partial charge >= 0.3 is 0 Å². The second-order valence-electron chi connectivity index (χ2n) is 3.64. The topological polar surface area (TPSA) is 87.7 Å². The minimum Gasteiger partial charge on any atom is -0.333 e. The standard InChI is InChI=1S/C10H12N6O/c1-7-3-12-8(4-11-7)10(17)16(2)5-9-13-6-14-15-9/h3-4,6H,5H2,1-2H3,(H,13,14,15). The van der Waals surface area contributed by atoms with Gasteiger partial charge in [-0.1, -0.05) is 0 Å². The summed E-state index contributed by atoms with van der Waals surface area (Å²) in [6.45, 7) is 2.17. The molecule has 2 aromatic rings. The van der Waals surface area contributed by atoms with Gasteiger partial charge in [0, 0.05) is 13.2 Å². The van der Waals surface area contributed by atoms with E-state index in [1.807, 2.05) is 6.92 Å². The van der Waals surface area contributed by atoms with E-state index in [0.717, 1.165) is 5.69 Å². The average molecular weight is 232 g/mol. The smallest absolute Gasteiger partial charge is 0.274 e. The fourth-order valence-electron chi connectivity index (χ4n) is 1.30. The molecule has 17 heavy (non-hydrogen) atoms. The van der Waals surface area contributed by atoms with Crippen LogP contribution < -0.4 is 0 Å². The number of nitrogens with zero attached hydrogens (tertiary/aromatic N) is 5. The highest BCUT2D eigenvalue weighted by Crippen LogP contribution is 2.02. The first kappa shape index (κ1) is 11.2. The van der Waals surface area contributed by atoms with Gasteiger partial charge in [0.1, 0.15) is 17.8 Å². The van der Waals surface area contributed by atoms with Gasteiger partial charge < -0.3 is 4.90 Å². The van der Waals surface area contributed by atoms with Crippen molar-refractivity contribution in [3.63, 3.8) is 0 Å². The summed E-state index contributed by atoms with van der Waals surface area (Å²) in [5.41, 5.74) is 1.09. The molecule has 1 N–H and O–H groups in total. The maximum absolute atomic E-state index is 11.9. The molecule has 0 aliphatic heterocycles. The number of nitrogens with one attached hydrogen (secondary N) is 1. The molecular weight excluding hydrogens is 220 g/mol. The Balaban J connectivity index is 2.07. The van der Waals surface area contributed by atoms with Gasteiger partial charge in [0.25, 0.3) is 5.91 Å². The van der Waals surface area contributed by atoms with Crippen molar-refractivity contribution in [2.75, 3.05) is 7.05 Å². The van der Waals surface area contributed by atoms with E-state index in [0.29, 0.717) is 18.1 Å². The Labute approximate surface area is 97.9 Å². The fraction of sp³-hybridized carbons (Fsp3) is 0.300. The van der Waals surface area contributed by atoms with Crippen LogP contribution in [0.25, 0.3) is 0 Å². The summed E-state index contributed by atoms with van der Waals surface area (Å²) < 4.78 is 0. The van der Waals surface area contributed by atoms with Crippen LogP contribution in [0.4, 0.5) is 0 Å². The van der Waals surface area contributed by atoms with Crippen LogP contribution in [0, 0.1) is 6.92 Å². The van der Waals surface area contributed by atoms with Gasteiger partial charge in [-0.05, 0) is 6.92 Å². The van der Waals surface area contributed by atoms with E-state index in [1.165, 1.54) is 17.4 Å². The molecule has 2 aromatic heterocycles. The number of hydrogen-bond donors (Lipinski definition) is 1. The zero-order valence-electron chi connectivity index (χ0n) is 9.58. The first-order valence-electron chi connectivity index (χ1n) is 5.05. The van der Waals surface area contributed by atoms with E-state index in [1.54, 1.807) is 13.2 Å². The molecular formula is C10H12N6O. The van der Waals surface area contributed by atoms with Crippen molar-refractivity contribution < 1.29 is 4.79 Å². The quantitative estimate of drug-likeness (QED) is 0.815. The van der Waals surface area contributed by atoms with E-state index < -0.39 is 0 Å². The summed E-state index contributed by atoms with van der Waals surface area (Å²) in [7, 11) is 1.67. The first-order valence-corrected chi connectivity index (χ1v) is 5.05. The molecule has 0 radical (unpaired) electrons. The van der Waals surface area contributed by atoms with Crippen molar-refractivity contribution in [3.05, 3.63) is 35.9 Å². The van der Waals surface area contributed by atoms with Crippen LogP contribution in [0.3, 0.4) is 0 Å². The third kappa shape index (κ3) is 2.63. The van der Waals surface area contributed by atoms with Crippen LogP contribution in [0.2, 0.25) is 0 Å². The van der Waals surface area contributed by atoms with Gasteiger partial charge in [-0.2, -0.15) is 5.10 Å². The number of rotatable bonds is 3. The Morgan fingerprint density at radius 2 is 2.18 bits per heavy atom. The molecule has 2 heterocycles. The summed E-state index contributed by atoms with van der Waals surface area (Å²) >= 11 is 0. The number of H-pyrrole nitrogens is 1. The molecule has 0 atom stereocenters. The molecule has 7 heteroatoms. The number of aromatic nitrogens is 5. The molecule has 0 aliphatic carbocycles. The largest absolute Gasteiger partial charge is 0.333 e. The van der Waals surface area contributed by atoms with Crippen molar-refractivity contribution >= 4 is 5.91 Å². The molecule has 0 fully saturated rings. The summed E-state index contributed by atoms with van der Waals surface area (Å²) in [5, 5.41) is 6.41. The molecule has 0 saturated carbocycles. The Hall–Kier alpha value is -2.31. The third-order valence-corrected chi connectivity index (χ3v) is 2.20. The molecule has 1 amide bonds. The minimum atomic E-state index is -0.200. The van der Waals surface area contributed by atoms with E-state index in [2.05, 4.69) is 25.1 Å². The van der Waals surface area contributed by atoms with E-state index in [-0.39, 0.29) is 5.91 Å². The van der Waals surface area contributed by atoms with E-state index in [9.17, 15) is 4.79 Å². The summed E-state index contributed by atoms with van der Waals surface area (Å²) in [6.07, 6.45) is 4.43. The molecule has 0 aromatic carbocycles. The van der Waals surface area contributed by atoms with Gasteiger partial charge in [0.15, 0.2) is 0 Å². The Morgan fingerprint density at radius 3 is 2.76 bits per heavy atom. The maximum atomic E-state index is 11.9. The summed E-state index contributed by atoms with van der Waals surface area (Å²) in [4.78, 5) is 25.5. The van der Waals surface area contributed by atoms with Crippen molar-refractivity contribution in [2.45, 2.75) is 13.5 Å². The number of carbonyl (C=O) groups excluding carboxylic acids is 1. The monoisotopic (exact) mass is 232 g/mol. The van der Waals surface area contributed by atoms with Gasteiger partial charge in [0.05, 0.1) is 18.4 Å². The summed E-state index contributed by atoms with van der Waals surface area (Å²) in [6, 6.07) is 0. The highest BCUT2D eigenvalue weighted by atomic mass is 16.2. The lowest BCUT2D eigenvalue weighted by molar-refractivity contribution is 0.0775. The van der Waals surface area contributed by atoms with E-state index >= 15 is 0 Å². The highest BCUT2D eigenvalue weighted by Gasteiger charge is 2.14. The predicted molar refractivity (Wildman–Crippen MR) is 58.9 cm³/mol. The summed E-state index contributed by atoms with van der Waals surface area (Å²) in [5.74, 6) is 0.426. The zero-order chi connectivity index (χ0) is 12.3. The lowest BCUT2D eigenvalue weighted by Crippen LogP contribution is -2.27. The Kier molecular flexibility index (Phi) is 3.08.